The number of likely N-dealkylation sites (tertiary alicyclic amines) is 2. The molecule has 3 atom stereocenters. The van der Waals surface area contributed by atoms with Crippen molar-refractivity contribution in [3.63, 3.8) is 0 Å². The lowest BCUT2D eigenvalue weighted by Crippen LogP contribution is -2.49. The van der Waals surface area contributed by atoms with Crippen molar-refractivity contribution in [3.8, 4) is 0 Å². The van der Waals surface area contributed by atoms with Crippen molar-refractivity contribution in [1.29, 1.82) is 0 Å². The Kier molecular flexibility index (Phi) is 3.97. The number of nitrogens with zero attached hydrogens (tertiary/aromatic N) is 4. The molecule has 0 radical (unpaired) electrons. The topological polar surface area (TPSA) is 95.5 Å². The van der Waals surface area contributed by atoms with Gasteiger partial charge in [-0.1, -0.05) is 0 Å². The van der Waals surface area contributed by atoms with Gasteiger partial charge in [0.1, 0.15) is 11.7 Å². The van der Waals surface area contributed by atoms with Crippen LogP contribution in [0.5, 0.6) is 0 Å². The number of carbonyl (C=O) groups is 3. The molecule has 8 heteroatoms. The fraction of sp³-hybridized carbons (Fsp3) is 0.533. The molecule has 0 spiro atoms. The van der Waals surface area contributed by atoms with Crippen LogP contribution < -0.4 is 5.32 Å². The van der Waals surface area contributed by atoms with Crippen LogP contribution in [0.1, 0.15) is 23.8 Å². The van der Waals surface area contributed by atoms with Crippen molar-refractivity contribution in [2.24, 2.45) is 5.92 Å². The van der Waals surface area contributed by atoms with Gasteiger partial charge in [0, 0.05) is 45.4 Å². The van der Waals surface area contributed by atoms with E-state index in [9.17, 15) is 14.4 Å². The molecule has 3 amide bonds. The van der Waals surface area contributed by atoms with Crippen molar-refractivity contribution >= 4 is 17.7 Å². The SMILES string of the molecule is CNC(=O)[C@@H]1C[C@H]2CN(C(=O)c3cnccn3)C[C@H]2N1C(C)=O. The van der Waals surface area contributed by atoms with Crippen LogP contribution in [0.25, 0.3) is 0 Å². The predicted molar refractivity (Wildman–Crippen MR) is 80.2 cm³/mol. The molecule has 2 aliphatic rings. The third-order valence-corrected chi connectivity index (χ3v) is 4.61. The zero-order chi connectivity index (χ0) is 16.6. The number of aromatic nitrogens is 2. The van der Waals surface area contributed by atoms with Gasteiger partial charge in [-0.3, -0.25) is 19.4 Å². The quantitative estimate of drug-likeness (QED) is 0.777. The lowest BCUT2D eigenvalue weighted by Gasteiger charge is -2.28. The minimum Gasteiger partial charge on any atom is -0.357 e. The Morgan fingerprint density at radius 1 is 1.26 bits per heavy atom. The number of likely N-dealkylation sites (N-methyl/N-ethyl adjacent to an activating group) is 1. The maximum Gasteiger partial charge on any atom is 0.274 e. The maximum atomic E-state index is 12.5. The van der Waals surface area contributed by atoms with E-state index in [4.69, 9.17) is 0 Å². The first kappa shape index (κ1) is 15.4. The standard InChI is InChI=1S/C15H19N5O3/c1-9(21)20-12(14(22)16-2)5-10-7-19(8-13(10)20)15(23)11-6-17-3-4-18-11/h3-4,6,10,12-13H,5,7-8H2,1-2H3,(H,16,22)/t10-,12-,13+/m0/s1. The summed E-state index contributed by atoms with van der Waals surface area (Å²) in [6, 6.07) is -0.559. The summed E-state index contributed by atoms with van der Waals surface area (Å²) >= 11 is 0. The highest BCUT2D eigenvalue weighted by molar-refractivity contribution is 5.92. The summed E-state index contributed by atoms with van der Waals surface area (Å²) in [5, 5.41) is 2.61. The largest absolute Gasteiger partial charge is 0.357 e. The molecule has 2 aliphatic heterocycles. The summed E-state index contributed by atoms with van der Waals surface area (Å²) in [5.74, 6) is -0.365. The molecule has 23 heavy (non-hydrogen) atoms. The monoisotopic (exact) mass is 317 g/mol. The number of nitrogens with one attached hydrogen (secondary N) is 1. The minimum absolute atomic E-state index is 0.113. The zero-order valence-corrected chi connectivity index (χ0v) is 13.1. The molecule has 2 saturated heterocycles. The highest BCUT2D eigenvalue weighted by Crippen LogP contribution is 2.36. The lowest BCUT2D eigenvalue weighted by molar-refractivity contribution is -0.138. The Morgan fingerprint density at radius 3 is 2.65 bits per heavy atom. The Hall–Kier alpha value is -2.51. The smallest absolute Gasteiger partial charge is 0.274 e. The van der Waals surface area contributed by atoms with Gasteiger partial charge in [-0.2, -0.15) is 0 Å². The maximum absolute atomic E-state index is 12.5. The Morgan fingerprint density at radius 2 is 2.04 bits per heavy atom. The van der Waals surface area contributed by atoms with Crippen LogP contribution in [-0.2, 0) is 9.59 Å². The first-order valence-electron chi connectivity index (χ1n) is 7.58. The van der Waals surface area contributed by atoms with Crippen LogP contribution >= 0.6 is 0 Å². The summed E-state index contributed by atoms with van der Waals surface area (Å²) in [6.07, 6.45) is 5.01. The Bertz CT molecular complexity index is 635. The van der Waals surface area contributed by atoms with Crippen molar-refractivity contribution in [3.05, 3.63) is 24.3 Å². The normalized spacial score (nSPS) is 26.1. The van der Waals surface area contributed by atoms with Gasteiger partial charge in [0.15, 0.2) is 0 Å². The highest BCUT2D eigenvalue weighted by atomic mass is 16.2. The molecule has 0 saturated carbocycles. The van der Waals surface area contributed by atoms with E-state index >= 15 is 0 Å². The first-order chi connectivity index (χ1) is 11.0. The fourth-order valence-electron chi connectivity index (χ4n) is 3.62. The van der Waals surface area contributed by atoms with Gasteiger partial charge in [-0.25, -0.2) is 4.98 Å². The average molecular weight is 317 g/mol. The number of fused-ring (bicyclic) bond motifs is 1. The Labute approximate surface area is 133 Å². The van der Waals surface area contributed by atoms with Gasteiger partial charge >= 0.3 is 0 Å². The second kappa shape index (κ2) is 5.94. The summed E-state index contributed by atoms with van der Waals surface area (Å²) in [7, 11) is 1.57. The number of amides is 3. The highest BCUT2D eigenvalue weighted by Gasteiger charge is 2.50. The molecule has 1 aromatic rings. The van der Waals surface area contributed by atoms with E-state index in [0.29, 0.717) is 25.2 Å². The number of carbonyl (C=O) groups excluding carboxylic acids is 3. The number of hydrogen-bond donors (Lipinski definition) is 1. The molecular formula is C15H19N5O3. The molecule has 1 aromatic heterocycles. The van der Waals surface area contributed by atoms with Crippen LogP contribution in [0.2, 0.25) is 0 Å². The molecule has 8 nitrogen and oxygen atoms in total. The summed E-state index contributed by atoms with van der Waals surface area (Å²) < 4.78 is 0. The molecule has 122 valence electrons. The van der Waals surface area contributed by atoms with Crippen molar-refractivity contribution in [2.45, 2.75) is 25.4 Å². The van der Waals surface area contributed by atoms with Gasteiger partial charge in [0.2, 0.25) is 11.8 Å². The van der Waals surface area contributed by atoms with Gasteiger partial charge < -0.3 is 15.1 Å². The summed E-state index contributed by atoms with van der Waals surface area (Å²) in [4.78, 5) is 47.7. The van der Waals surface area contributed by atoms with E-state index in [1.54, 1.807) is 16.8 Å². The van der Waals surface area contributed by atoms with Gasteiger partial charge in [-0.05, 0) is 6.42 Å². The van der Waals surface area contributed by atoms with E-state index in [1.807, 2.05) is 0 Å². The van der Waals surface area contributed by atoms with Gasteiger partial charge in [0.25, 0.3) is 5.91 Å². The molecule has 0 aromatic carbocycles. The summed E-state index contributed by atoms with van der Waals surface area (Å²) in [6.45, 7) is 2.41. The fourth-order valence-corrected chi connectivity index (χ4v) is 3.62. The second-order valence-electron chi connectivity index (χ2n) is 5.92. The van der Waals surface area contributed by atoms with Crippen molar-refractivity contribution < 1.29 is 14.4 Å². The third-order valence-electron chi connectivity index (χ3n) is 4.61. The second-order valence-corrected chi connectivity index (χ2v) is 5.92. The minimum atomic E-state index is -0.443. The van der Waals surface area contributed by atoms with E-state index in [2.05, 4.69) is 15.3 Å². The molecule has 3 heterocycles. The molecule has 0 bridgehead atoms. The van der Waals surface area contributed by atoms with Crippen LogP contribution in [0.15, 0.2) is 18.6 Å². The molecular weight excluding hydrogens is 298 g/mol. The van der Waals surface area contributed by atoms with Crippen molar-refractivity contribution in [2.75, 3.05) is 20.1 Å². The predicted octanol–water partition coefficient (Wildman–Crippen LogP) is -0.716. The van der Waals surface area contributed by atoms with E-state index < -0.39 is 6.04 Å². The van der Waals surface area contributed by atoms with Crippen LogP contribution in [-0.4, -0.2) is 69.7 Å². The van der Waals surface area contributed by atoms with Crippen LogP contribution in [0, 0.1) is 5.92 Å². The van der Waals surface area contributed by atoms with Crippen LogP contribution in [0.4, 0.5) is 0 Å². The van der Waals surface area contributed by atoms with Crippen molar-refractivity contribution in [1.82, 2.24) is 25.1 Å². The third kappa shape index (κ3) is 2.64. The van der Waals surface area contributed by atoms with E-state index in [-0.39, 0.29) is 29.7 Å². The molecule has 1 N–H and O–H groups in total. The van der Waals surface area contributed by atoms with E-state index in [1.165, 1.54) is 25.5 Å². The lowest BCUT2D eigenvalue weighted by atomic mass is 10.0. The van der Waals surface area contributed by atoms with Crippen LogP contribution in [0.3, 0.4) is 0 Å². The molecule has 0 unspecified atom stereocenters. The van der Waals surface area contributed by atoms with E-state index in [0.717, 1.165) is 0 Å². The molecule has 0 aliphatic carbocycles. The van der Waals surface area contributed by atoms with Gasteiger partial charge in [0.05, 0.1) is 12.2 Å². The zero-order valence-electron chi connectivity index (χ0n) is 13.1. The Balaban J connectivity index is 1.76. The molecule has 3 rings (SSSR count). The number of rotatable bonds is 2. The average Bonchev–Trinajstić information content (AvgIpc) is 3.11. The molecule has 2 fully saturated rings. The first-order valence-corrected chi connectivity index (χ1v) is 7.58. The number of hydrogen-bond acceptors (Lipinski definition) is 5. The summed E-state index contributed by atoms with van der Waals surface area (Å²) in [5.41, 5.74) is 0.296. The van der Waals surface area contributed by atoms with Gasteiger partial charge in [-0.15, -0.1) is 0 Å².